The van der Waals surface area contributed by atoms with Gasteiger partial charge in [-0.05, 0) is 68.4 Å². The number of aromatic nitrogens is 2. The van der Waals surface area contributed by atoms with Crippen molar-refractivity contribution in [3.63, 3.8) is 0 Å². The third-order valence-electron chi connectivity index (χ3n) is 5.95. The van der Waals surface area contributed by atoms with Gasteiger partial charge in [0.25, 0.3) is 5.89 Å². The Labute approximate surface area is 202 Å². The summed E-state index contributed by atoms with van der Waals surface area (Å²) in [5.41, 5.74) is 5.97. The Morgan fingerprint density at radius 1 is 0.971 bits per heavy atom. The molecule has 0 saturated heterocycles. The van der Waals surface area contributed by atoms with E-state index in [1.165, 1.54) is 6.07 Å². The Morgan fingerprint density at radius 2 is 1.76 bits per heavy atom. The number of halogens is 1. The summed E-state index contributed by atoms with van der Waals surface area (Å²) in [5, 5.41) is 8.20. The highest BCUT2D eigenvalue weighted by Crippen LogP contribution is 2.39. The van der Waals surface area contributed by atoms with Crippen molar-refractivity contribution in [2.75, 3.05) is 4.90 Å². The van der Waals surface area contributed by atoms with Gasteiger partial charge < -0.3 is 9.84 Å². The molecule has 0 fully saturated rings. The smallest absolute Gasteiger partial charge is 0.258 e. The standard InChI is InChI=1S/C27H23FN4OS/c1-16-8-7-11-20(14-16)25-30-26(33-31-25)23-18(3)32(21-12-13-22(28)17(2)15-21)27(34)29-24(23)19-9-5-4-6-10-19/h4-15,24H,1-3H3,(H,29,34). The Kier molecular flexibility index (Phi) is 5.71. The summed E-state index contributed by atoms with van der Waals surface area (Å²) >= 11 is 5.76. The van der Waals surface area contributed by atoms with Gasteiger partial charge in [0.2, 0.25) is 5.82 Å². The van der Waals surface area contributed by atoms with Crippen molar-refractivity contribution in [3.8, 4) is 11.4 Å². The molecule has 4 aromatic rings. The van der Waals surface area contributed by atoms with E-state index in [1.54, 1.807) is 19.1 Å². The van der Waals surface area contributed by atoms with Gasteiger partial charge in [0.15, 0.2) is 5.11 Å². The zero-order valence-corrected chi connectivity index (χ0v) is 19.9. The molecule has 0 saturated carbocycles. The summed E-state index contributed by atoms with van der Waals surface area (Å²) < 4.78 is 19.8. The number of anilines is 1. The van der Waals surface area contributed by atoms with Crippen LogP contribution in [0.15, 0.2) is 83.0 Å². The summed E-state index contributed by atoms with van der Waals surface area (Å²) in [5.74, 6) is 0.660. The molecule has 1 aromatic heterocycles. The lowest BCUT2D eigenvalue weighted by molar-refractivity contribution is 0.404. The second-order valence-electron chi connectivity index (χ2n) is 8.35. The van der Waals surface area contributed by atoms with Crippen LogP contribution in [-0.4, -0.2) is 15.3 Å². The van der Waals surface area contributed by atoms with E-state index in [0.29, 0.717) is 22.4 Å². The van der Waals surface area contributed by atoms with Crippen LogP contribution in [0.5, 0.6) is 0 Å². The Morgan fingerprint density at radius 3 is 2.50 bits per heavy atom. The average molecular weight is 471 g/mol. The maximum Gasteiger partial charge on any atom is 0.258 e. The van der Waals surface area contributed by atoms with Gasteiger partial charge in [-0.3, -0.25) is 4.90 Å². The molecule has 3 aromatic carbocycles. The highest BCUT2D eigenvalue weighted by Gasteiger charge is 2.34. The molecule has 0 spiro atoms. The van der Waals surface area contributed by atoms with Crippen LogP contribution < -0.4 is 10.2 Å². The predicted octanol–water partition coefficient (Wildman–Crippen LogP) is 6.36. The van der Waals surface area contributed by atoms with Gasteiger partial charge in [0.1, 0.15) is 5.82 Å². The van der Waals surface area contributed by atoms with Gasteiger partial charge in [-0.15, -0.1) is 0 Å². The van der Waals surface area contributed by atoms with Gasteiger partial charge in [0.05, 0.1) is 11.6 Å². The second kappa shape index (κ2) is 8.83. The predicted molar refractivity (Wildman–Crippen MR) is 136 cm³/mol. The third-order valence-corrected chi connectivity index (χ3v) is 6.25. The zero-order chi connectivity index (χ0) is 23.8. The zero-order valence-electron chi connectivity index (χ0n) is 19.0. The van der Waals surface area contributed by atoms with E-state index in [9.17, 15) is 4.39 Å². The van der Waals surface area contributed by atoms with Crippen LogP contribution in [0.1, 0.15) is 35.5 Å². The molecule has 0 radical (unpaired) electrons. The number of thiocarbonyl (C=S) groups is 1. The normalized spacial score (nSPS) is 16.1. The SMILES string of the molecule is CC1=C(c2nc(-c3cccc(C)c3)no2)C(c2ccccc2)NC(=S)N1c1ccc(F)c(C)c1. The number of allylic oxidation sites excluding steroid dienone is 1. The molecule has 2 heterocycles. The highest BCUT2D eigenvalue weighted by atomic mass is 32.1. The van der Waals surface area contributed by atoms with E-state index in [1.807, 2.05) is 73.3 Å². The molecular formula is C27H23FN4OS. The Bertz CT molecular complexity index is 1410. The Hall–Kier alpha value is -3.84. The van der Waals surface area contributed by atoms with Crippen LogP contribution >= 0.6 is 12.2 Å². The summed E-state index contributed by atoms with van der Waals surface area (Å²) in [6.45, 7) is 5.73. The summed E-state index contributed by atoms with van der Waals surface area (Å²) in [7, 11) is 0. The van der Waals surface area contributed by atoms with Crippen molar-refractivity contribution >= 4 is 28.6 Å². The van der Waals surface area contributed by atoms with Crippen LogP contribution in [0, 0.1) is 19.7 Å². The number of nitrogens with one attached hydrogen (secondary N) is 1. The van der Waals surface area contributed by atoms with E-state index in [4.69, 9.17) is 21.7 Å². The lowest BCUT2D eigenvalue weighted by Gasteiger charge is -2.37. The van der Waals surface area contributed by atoms with Crippen molar-refractivity contribution in [3.05, 3.63) is 107 Å². The number of benzene rings is 3. The number of hydrogen-bond acceptors (Lipinski definition) is 4. The highest BCUT2D eigenvalue weighted by molar-refractivity contribution is 7.80. The molecule has 7 heteroatoms. The van der Waals surface area contributed by atoms with Gasteiger partial charge >= 0.3 is 0 Å². The fourth-order valence-electron chi connectivity index (χ4n) is 4.23. The average Bonchev–Trinajstić information content (AvgIpc) is 3.31. The molecule has 0 aliphatic carbocycles. The fourth-order valence-corrected chi connectivity index (χ4v) is 4.59. The van der Waals surface area contributed by atoms with E-state index in [2.05, 4.69) is 10.5 Å². The lowest BCUT2D eigenvalue weighted by atomic mass is 9.94. The molecule has 0 amide bonds. The lowest BCUT2D eigenvalue weighted by Crippen LogP contribution is -2.46. The van der Waals surface area contributed by atoms with Crippen molar-refractivity contribution in [2.24, 2.45) is 0 Å². The van der Waals surface area contributed by atoms with Gasteiger partial charge in [-0.25, -0.2) is 4.39 Å². The van der Waals surface area contributed by atoms with Gasteiger partial charge in [-0.1, -0.05) is 59.3 Å². The molecule has 1 aliphatic rings. The number of hydrogen-bond donors (Lipinski definition) is 1. The van der Waals surface area contributed by atoms with Crippen LogP contribution in [0.25, 0.3) is 17.0 Å². The first kappa shape index (κ1) is 22.0. The van der Waals surface area contributed by atoms with Gasteiger partial charge in [0, 0.05) is 16.9 Å². The molecule has 0 bridgehead atoms. The molecule has 170 valence electrons. The van der Waals surface area contributed by atoms with E-state index < -0.39 is 0 Å². The number of rotatable bonds is 4. The minimum atomic E-state index is -0.280. The first-order chi connectivity index (χ1) is 16.4. The minimum Gasteiger partial charge on any atom is -0.351 e. The molecule has 5 nitrogen and oxygen atoms in total. The van der Waals surface area contributed by atoms with E-state index >= 15 is 0 Å². The maximum atomic E-state index is 14.0. The molecule has 1 aliphatic heterocycles. The third kappa shape index (κ3) is 3.99. The van der Waals surface area contributed by atoms with E-state index in [0.717, 1.165) is 33.6 Å². The maximum absolute atomic E-state index is 14.0. The summed E-state index contributed by atoms with van der Waals surface area (Å²) in [4.78, 5) is 6.63. The first-order valence-electron chi connectivity index (χ1n) is 11.0. The van der Waals surface area contributed by atoms with Crippen LogP contribution in [0.4, 0.5) is 10.1 Å². The Balaban J connectivity index is 1.66. The van der Waals surface area contributed by atoms with Crippen LogP contribution in [0.2, 0.25) is 0 Å². The largest absolute Gasteiger partial charge is 0.351 e. The van der Waals surface area contributed by atoms with Crippen molar-refractivity contribution in [2.45, 2.75) is 26.8 Å². The summed E-state index contributed by atoms with van der Waals surface area (Å²) in [6, 6.07) is 22.6. The fraction of sp³-hybridized carbons (Fsp3) is 0.148. The molecule has 1 unspecified atom stereocenters. The van der Waals surface area contributed by atoms with Gasteiger partial charge in [-0.2, -0.15) is 4.98 Å². The number of aryl methyl sites for hydroxylation is 2. The molecule has 34 heavy (non-hydrogen) atoms. The quantitative estimate of drug-likeness (QED) is 0.350. The van der Waals surface area contributed by atoms with E-state index in [-0.39, 0.29) is 11.9 Å². The second-order valence-corrected chi connectivity index (χ2v) is 8.74. The van der Waals surface area contributed by atoms with Crippen molar-refractivity contribution in [1.29, 1.82) is 0 Å². The monoisotopic (exact) mass is 470 g/mol. The van der Waals surface area contributed by atoms with Crippen LogP contribution in [-0.2, 0) is 0 Å². The molecule has 1 N–H and O–H groups in total. The summed E-state index contributed by atoms with van der Waals surface area (Å²) in [6.07, 6.45) is 0. The minimum absolute atomic E-state index is 0.261. The molecule has 1 atom stereocenters. The first-order valence-corrected chi connectivity index (χ1v) is 11.4. The number of nitrogens with zero attached hydrogens (tertiary/aromatic N) is 3. The van der Waals surface area contributed by atoms with Crippen LogP contribution in [0.3, 0.4) is 0 Å². The molecule has 5 rings (SSSR count). The molecular weight excluding hydrogens is 447 g/mol. The van der Waals surface area contributed by atoms with Crippen molar-refractivity contribution < 1.29 is 8.91 Å². The topological polar surface area (TPSA) is 54.2 Å². The van der Waals surface area contributed by atoms with Crippen molar-refractivity contribution in [1.82, 2.24) is 15.5 Å².